The maximum Gasteiger partial charge on any atom is 0.331 e. The maximum absolute atomic E-state index is 11.2. The molecule has 0 unspecified atom stereocenters. The van der Waals surface area contributed by atoms with Gasteiger partial charge in [-0.05, 0) is 52.3 Å². The van der Waals surface area contributed by atoms with E-state index >= 15 is 0 Å². The fourth-order valence-corrected chi connectivity index (χ4v) is 1.78. The first kappa shape index (κ1) is 12.6. The SMILES string of the molecule is CC(C)(C(=O)O)n1nnnc1-c1ncccc1Br. The van der Waals surface area contributed by atoms with Crippen molar-refractivity contribution in [3.63, 3.8) is 0 Å². The van der Waals surface area contributed by atoms with Gasteiger partial charge in [0, 0.05) is 10.7 Å². The fraction of sp³-hybridized carbons (Fsp3) is 0.300. The molecule has 0 bridgehead atoms. The van der Waals surface area contributed by atoms with Crippen LogP contribution in [-0.2, 0) is 10.3 Å². The van der Waals surface area contributed by atoms with Crippen molar-refractivity contribution in [3.05, 3.63) is 22.8 Å². The van der Waals surface area contributed by atoms with E-state index in [9.17, 15) is 9.90 Å². The van der Waals surface area contributed by atoms with Gasteiger partial charge in [0.05, 0.1) is 0 Å². The number of carboxylic acids is 1. The second-order valence-corrected chi connectivity index (χ2v) is 4.97. The summed E-state index contributed by atoms with van der Waals surface area (Å²) in [5, 5.41) is 20.3. The molecule has 0 fully saturated rings. The molecule has 0 aromatic carbocycles. The van der Waals surface area contributed by atoms with E-state index < -0.39 is 11.5 Å². The van der Waals surface area contributed by atoms with Crippen LogP contribution in [-0.4, -0.2) is 36.3 Å². The van der Waals surface area contributed by atoms with Gasteiger partial charge >= 0.3 is 5.97 Å². The Labute approximate surface area is 111 Å². The largest absolute Gasteiger partial charge is 0.479 e. The number of carbonyl (C=O) groups is 1. The van der Waals surface area contributed by atoms with E-state index in [-0.39, 0.29) is 0 Å². The van der Waals surface area contributed by atoms with Crippen LogP contribution >= 0.6 is 15.9 Å². The third-order valence-corrected chi connectivity index (χ3v) is 3.13. The molecule has 8 heteroatoms. The van der Waals surface area contributed by atoms with E-state index in [2.05, 4.69) is 36.4 Å². The molecule has 0 radical (unpaired) electrons. The highest BCUT2D eigenvalue weighted by Crippen LogP contribution is 2.26. The Balaban J connectivity index is 2.60. The minimum atomic E-state index is -1.25. The summed E-state index contributed by atoms with van der Waals surface area (Å²) in [5.74, 6) is -0.724. The zero-order valence-electron chi connectivity index (χ0n) is 9.70. The van der Waals surface area contributed by atoms with Gasteiger partial charge in [-0.25, -0.2) is 9.48 Å². The predicted molar refractivity (Wildman–Crippen MR) is 65.7 cm³/mol. The third kappa shape index (κ3) is 1.99. The molecular weight excluding hydrogens is 302 g/mol. The lowest BCUT2D eigenvalue weighted by Crippen LogP contribution is -2.37. The molecule has 0 aliphatic carbocycles. The first-order valence-corrected chi connectivity index (χ1v) is 5.87. The Kier molecular flexibility index (Phi) is 3.12. The number of nitrogens with zero attached hydrogens (tertiary/aromatic N) is 5. The smallest absolute Gasteiger partial charge is 0.331 e. The van der Waals surface area contributed by atoms with Crippen LogP contribution in [0.5, 0.6) is 0 Å². The molecule has 0 amide bonds. The van der Waals surface area contributed by atoms with Gasteiger partial charge in [0.15, 0.2) is 5.54 Å². The summed E-state index contributed by atoms with van der Waals surface area (Å²) in [4.78, 5) is 15.4. The monoisotopic (exact) mass is 311 g/mol. The zero-order valence-corrected chi connectivity index (χ0v) is 11.3. The van der Waals surface area contributed by atoms with Gasteiger partial charge in [-0.15, -0.1) is 5.10 Å². The van der Waals surface area contributed by atoms with Gasteiger partial charge in [-0.3, -0.25) is 4.98 Å². The number of tetrazole rings is 1. The predicted octanol–water partition coefficient (Wildman–Crippen LogP) is 1.32. The van der Waals surface area contributed by atoms with Crippen LogP contribution in [0.3, 0.4) is 0 Å². The van der Waals surface area contributed by atoms with Gasteiger partial charge in [0.1, 0.15) is 5.69 Å². The summed E-state index contributed by atoms with van der Waals surface area (Å²) in [6.45, 7) is 3.04. The average molecular weight is 312 g/mol. The molecular formula is C10H10BrN5O2. The van der Waals surface area contributed by atoms with Gasteiger partial charge in [-0.2, -0.15) is 0 Å². The third-order valence-electron chi connectivity index (χ3n) is 2.49. The Morgan fingerprint density at radius 3 is 2.83 bits per heavy atom. The second-order valence-electron chi connectivity index (χ2n) is 4.11. The highest BCUT2D eigenvalue weighted by atomic mass is 79.9. The van der Waals surface area contributed by atoms with Crippen LogP contribution in [0.1, 0.15) is 13.8 Å². The zero-order chi connectivity index (χ0) is 13.3. The summed E-state index contributed by atoms with van der Waals surface area (Å²) in [5.41, 5.74) is -0.757. The van der Waals surface area contributed by atoms with Crippen LogP contribution in [0.4, 0.5) is 0 Å². The molecule has 0 saturated carbocycles. The molecule has 0 aliphatic rings. The highest BCUT2D eigenvalue weighted by molar-refractivity contribution is 9.10. The van der Waals surface area contributed by atoms with Gasteiger partial charge in [0.2, 0.25) is 5.82 Å². The van der Waals surface area contributed by atoms with E-state index in [1.54, 1.807) is 18.3 Å². The van der Waals surface area contributed by atoms with Crippen LogP contribution in [0.15, 0.2) is 22.8 Å². The Bertz CT molecular complexity index is 595. The van der Waals surface area contributed by atoms with Crippen molar-refractivity contribution in [3.8, 4) is 11.5 Å². The molecule has 2 rings (SSSR count). The first-order chi connectivity index (χ1) is 8.44. The van der Waals surface area contributed by atoms with E-state index in [1.807, 2.05) is 0 Å². The van der Waals surface area contributed by atoms with Gasteiger partial charge in [0.25, 0.3) is 0 Å². The van der Waals surface area contributed by atoms with E-state index in [0.717, 1.165) is 0 Å². The molecule has 0 saturated heterocycles. The van der Waals surface area contributed by atoms with E-state index in [0.29, 0.717) is 16.0 Å². The van der Waals surface area contributed by atoms with Crippen LogP contribution in [0.2, 0.25) is 0 Å². The Morgan fingerprint density at radius 2 is 2.22 bits per heavy atom. The highest BCUT2D eigenvalue weighted by Gasteiger charge is 2.34. The van der Waals surface area contributed by atoms with Crippen molar-refractivity contribution in [2.24, 2.45) is 0 Å². The van der Waals surface area contributed by atoms with Crippen LogP contribution in [0, 0.1) is 0 Å². The molecule has 0 aliphatic heterocycles. The minimum absolute atomic E-state index is 0.301. The lowest BCUT2D eigenvalue weighted by atomic mass is 10.1. The molecule has 2 aromatic rings. The van der Waals surface area contributed by atoms with Crippen molar-refractivity contribution in [1.82, 2.24) is 25.2 Å². The molecule has 2 aromatic heterocycles. The molecule has 0 spiro atoms. The summed E-state index contributed by atoms with van der Waals surface area (Å²) in [6, 6.07) is 3.54. The van der Waals surface area contributed by atoms with Crippen molar-refractivity contribution in [2.45, 2.75) is 19.4 Å². The molecule has 18 heavy (non-hydrogen) atoms. The van der Waals surface area contributed by atoms with Crippen molar-refractivity contribution in [2.75, 3.05) is 0 Å². The number of hydrogen-bond donors (Lipinski definition) is 1. The number of hydrogen-bond acceptors (Lipinski definition) is 5. The number of halogens is 1. The van der Waals surface area contributed by atoms with Crippen molar-refractivity contribution < 1.29 is 9.90 Å². The lowest BCUT2D eigenvalue weighted by Gasteiger charge is -2.20. The van der Waals surface area contributed by atoms with E-state index in [4.69, 9.17) is 0 Å². The fourth-order valence-electron chi connectivity index (χ4n) is 1.35. The number of carboxylic acid groups (broad SMARTS) is 1. The minimum Gasteiger partial charge on any atom is -0.479 e. The molecule has 1 N–H and O–H groups in total. The summed E-state index contributed by atoms with van der Waals surface area (Å²) < 4.78 is 1.94. The Hall–Kier alpha value is -1.83. The summed E-state index contributed by atoms with van der Waals surface area (Å²) >= 11 is 3.34. The van der Waals surface area contributed by atoms with Gasteiger partial charge < -0.3 is 5.11 Å². The van der Waals surface area contributed by atoms with Crippen LogP contribution in [0.25, 0.3) is 11.5 Å². The number of pyridine rings is 1. The standard InChI is InChI=1S/C10H10BrN5O2/c1-10(2,9(17)18)16-8(13-14-15-16)7-6(11)4-3-5-12-7/h3-5H,1-2H3,(H,17,18). The van der Waals surface area contributed by atoms with Crippen LogP contribution < -0.4 is 0 Å². The maximum atomic E-state index is 11.2. The summed E-state index contributed by atoms with van der Waals surface area (Å²) in [6.07, 6.45) is 1.59. The first-order valence-electron chi connectivity index (χ1n) is 5.07. The quantitative estimate of drug-likeness (QED) is 0.918. The topological polar surface area (TPSA) is 93.8 Å². The second kappa shape index (κ2) is 4.45. The van der Waals surface area contributed by atoms with Crippen molar-refractivity contribution >= 4 is 21.9 Å². The molecule has 7 nitrogen and oxygen atoms in total. The van der Waals surface area contributed by atoms with E-state index in [1.165, 1.54) is 18.5 Å². The molecule has 94 valence electrons. The Morgan fingerprint density at radius 1 is 1.50 bits per heavy atom. The normalized spacial score (nSPS) is 11.5. The average Bonchev–Trinajstić information content (AvgIpc) is 2.78. The van der Waals surface area contributed by atoms with Crippen molar-refractivity contribution in [1.29, 1.82) is 0 Å². The number of aromatic nitrogens is 5. The van der Waals surface area contributed by atoms with Gasteiger partial charge in [-0.1, -0.05) is 0 Å². The number of rotatable bonds is 3. The molecule has 2 heterocycles. The number of aliphatic carboxylic acids is 1. The lowest BCUT2D eigenvalue weighted by molar-refractivity contribution is -0.146. The summed E-state index contributed by atoms with van der Waals surface area (Å²) in [7, 11) is 0. The molecule has 0 atom stereocenters.